The molecule has 0 radical (unpaired) electrons. The van der Waals surface area contributed by atoms with Gasteiger partial charge < -0.3 is 15.3 Å². The van der Waals surface area contributed by atoms with E-state index in [4.69, 9.17) is 11.6 Å². The van der Waals surface area contributed by atoms with Crippen LogP contribution in [-0.4, -0.2) is 59.3 Å². The van der Waals surface area contributed by atoms with Gasteiger partial charge in [0.2, 0.25) is 0 Å². The number of amides is 2. The summed E-state index contributed by atoms with van der Waals surface area (Å²) in [6, 6.07) is 14.5. The number of likely N-dealkylation sites (tertiary alicyclic amines) is 1. The number of aliphatic hydroxyl groups excluding tert-OH is 1. The van der Waals surface area contributed by atoms with Crippen LogP contribution in [0.3, 0.4) is 0 Å². The number of carbonyl (C=O) groups excluding carboxylic acids is 1. The third kappa shape index (κ3) is 4.95. The molecule has 5 rings (SSSR count). The molecule has 3 fully saturated rings. The fraction of sp³-hybridized carbons (Fsp3) is 0.500. The van der Waals surface area contributed by atoms with Crippen LogP contribution >= 0.6 is 11.6 Å². The van der Waals surface area contributed by atoms with E-state index in [0.717, 1.165) is 45.1 Å². The number of carbonyl (C=O) groups is 1. The minimum atomic E-state index is -0.520. The molecule has 1 aliphatic heterocycles. The average molecular weight is 511 g/mol. The maximum absolute atomic E-state index is 13.6. The van der Waals surface area contributed by atoms with Gasteiger partial charge in [0.05, 0.1) is 23.3 Å². The van der Waals surface area contributed by atoms with Gasteiger partial charge in [0.15, 0.2) is 0 Å². The number of nitrogens with zero attached hydrogens (tertiary/aromatic N) is 3. The van der Waals surface area contributed by atoms with E-state index in [1.54, 1.807) is 0 Å². The maximum Gasteiger partial charge on any atom is 0.322 e. The van der Waals surface area contributed by atoms with Gasteiger partial charge in [0, 0.05) is 30.9 Å². The molecular weight excluding hydrogens is 479 g/mol. The van der Waals surface area contributed by atoms with Gasteiger partial charge in [-0.2, -0.15) is 5.26 Å². The van der Waals surface area contributed by atoms with E-state index >= 15 is 0 Å². The molecule has 1 unspecified atom stereocenters. The van der Waals surface area contributed by atoms with Gasteiger partial charge in [0.1, 0.15) is 5.82 Å². The zero-order valence-electron chi connectivity index (χ0n) is 20.3. The molecule has 36 heavy (non-hydrogen) atoms. The Morgan fingerprint density at radius 2 is 2.17 bits per heavy atom. The first kappa shape index (κ1) is 25.0. The fourth-order valence-electron chi connectivity index (χ4n) is 6.40. The molecule has 1 heterocycles. The standard InChI is InChI=1S/C28H32ClFN4O2/c29-25-15-22(6-7-26(25)30)32-27(36)34(12-11-33-10-2-5-24(33)18-35)23-8-9-28(16-21(28)14-23)20-4-1-3-19(13-20)17-31/h1,3-4,6-7,13,15,21,23-24,35H,2,5,8-12,14,16,18H2,(H,32,36)/t21?,23-,24+,28+/m1/s1. The van der Waals surface area contributed by atoms with E-state index in [2.05, 4.69) is 22.4 Å². The minimum Gasteiger partial charge on any atom is -0.395 e. The summed E-state index contributed by atoms with van der Waals surface area (Å²) < 4.78 is 13.6. The number of nitriles is 1. The Morgan fingerprint density at radius 3 is 2.92 bits per heavy atom. The molecule has 190 valence electrons. The Bertz CT molecular complexity index is 1170. The summed E-state index contributed by atoms with van der Waals surface area (Å²) in [4.78, 5) is 17.7. The van der Waals surface area contributed by atoms with Crippen LogP contribution in [0.4, 0.5) is 14.9 Å². The van der Waals surface area contributed by atoms with E-state index in [9.17, 15) is 19.6 Å². The van der Waals surface area contributed by atoms with E-state index in [1.165, 1.54) is 23.8 Å². The third-order valence-electron chi connectivity index (χ3n) is 8.49. The molecule has 2 saturated carbocycles. The Hall–Kier alpha value is -2.66. The van der Waals surface area contributed by atoms with Gasteiger partial charge >= 0.3 is 6.03 Å². The van der Waals surface area contributed by atoms with Gasteiger partial charge in [0.25, 0.3) is 0 Å². The van der Waals surface area contributed by atoms with E-state index < -0.39 is 5.82 Å². The van der Waals surface area contributed by atoms with Gasteiger partial charge in [-0.05, 0) is 92.3 Å². The number of aliphatic hydroxyl groups is 1. The van der Waals surface area contributed by atoms with Gasteiger partial charge in [-0.25, -0.2) is 9.18 Å². The maximum atomic E-state index is 13.6. The predicted octanol–water partition coefficient (Wildman–Crippen LogP) is 5.15. The Morgan fingerprint density at radius 1 is 1.31 bits per heavy atom. The third-order valence-corrected chi connectivity index (χ3v) is 8.78. The second kappa shape index (κ2) is 10.4. The van der Waals surface area contributed by atoms with Crippen molar-refractivity contribution in [2.24, 2.45) is 5.92 Å². The molecule has 2 aromatic rings. The normalized spacial score (nSPS) is 27.2. The summed E-state index contributed by atoms with van der Waals surface area (Å²) >= 11 is 5.93. The van der Waals surface area contributed by atoms with Crippen LogP contribution in [0.15, 0.2) is 42.5 Å². The average Bonchev–Trinajstić information content (AvgIpc) is 3.46. The molecule has 2 amide bonds. The molecule has 4 atom stereocenters. The second-order valence-corrected chi connectivity index (χ2v) is 10.9. The summed E-state index contributed by atoms with van der Waals surface area (Å²) in [7, 11) is 0. The number of hydrogen-bond donors (Lipinski definition) is 2. The van der Waals surface area contributed by atoms with E-state index in [1.807, 2.05) is 23.1 Å². The van der Waals surface area contributed by atoms with Crippen molar-refractivity contribution in [3.8, 4) is 6.07 Å². The number of urea groups is 1. The largest absolute Gasteiger partial charge is 0.395 e. The van der Waals surface area contributed by atoms with Crippen LogP contribution in [0, 0.1) is 23.1 Å². The summed E-state index contributed by atoms with van der Waals surface area (Å²) in [5, 5.41) is 21.9. The summed E-state index contributed by atoms with van der Waals surface area (Å²) in [5.74, 6) is -0.0360. The van der Waals surface area contributed by atoms with Crippen molar-refractivity contribution < 1.29 is 14.3 Å². The lowest BCUT2D eigenvalue weighted by molar-refractivity contribution is 0.123. The van der Waals surface area contributed by atoms with Gasteiger partial charge in [-0.3, -0.25) is 4.90 Å². The molecule has 0 spiro atoms. The highest BCUT2D eigenvalue weighted by atomic mass is 35.5. The lowest BCUT2D eigenvalue weighted by atomic mass is 9.80. The van der Waals surface area contributed by atoms with Crippen LogP contribution in [0.5, 0.6) is 0 Å². The minimum absolute atomic E-state index is 0.0257. The fourth-order valence-corrected chi connectivity index (χ4v) is 6.58. The highest BCUT2D eigenvalue weighted by Crippen LogP contribution is 2.62. The smallest absolute Gasteiger partial charge is 0.322 e. The molecule has 8 heteroatoms. The monoisotopic (exact) mass is 510 g/mol. The number of hydrogen-bond acceptors (Lipinski definition) is 4. The highest BCUT2D eigenvalue weighted by Gasteiger charge is 2.58. The first-order valence-corrected chi connectivity index (χ1v) is 13.2. The molecular formula is C28H32ClFN4O2. The van der Waals surface area contributed by atoms with Crippen LogP contribution < -0.4 is 5.32 Å². The number of benzene rings is 2. The number of nitrogens with one attached hydrogen (secondary N) is 1. The summed E-state index contributed by atoms with van der Waals surface area (Å²) in [5.41, 5.74) is 2.52. The topological polar surface area (TPSA) is 79.6 Å². The first-order chi connectivity index (χ1) is 17.4. The SMILES string of the molecule is N#Cc1cccc([C@@]23CC[C@@H](N(CCN4CCC[C@H]4CO)C(=O)Nc4ccc(F)c(Cl)c4)CC2C3)c1. The van der Waals surface area contributed by atoms with Crippen LogP contribution in [0.25, 0.3) is 0 Å². The predicted molar refractivity (Wildman–Crippen MR) is 137 cm³/mol. The van der Waals surface area contributed by atoms with Gasteiger partial charge in [-0.15, -0.1) is 0 Å². The van der Waals surface area contributed by atoms with Crippen molar-refractivity contribution >= 4 is 23.3 Å². The molecule has 2 N–H and O–H groups in total. The number of anilines is 1. The molecule has 0 bridgehead atoms. The highest BCUT2D eigenvalue weighted by molar-refractivity contribution is 6.31. The van der Waals surface area contributed by atoms with Crippen LogP contribution in [0.2, 0.25) is 5.02 Å². The van der Waals surface area contributed by atoms with Crippen molar-refractivity contribution in [1.82, 2.24) is 9.80 Å². The first-order valence-electron chi connectivity index (χ1n) is 12.8. The molecule has 0 aromatic heterocycles. The summed E-state index contributed by atoms with van der Waals surface area (Å²) in [6.07, 6.45) is 5.90. The summed E-state index contributed by atoms with van der Waals surface area (Å²) in [6.45, 7) is 2.33. The zero-order valence-corrected chi connectivity index (χ0v) is 21.1. The molecule has 1 saturated heterocycles. The molecule has 2 aromatic carbocycles. The Balaban J connectivity index is 1.31. The quantitative estimate of drug-likeness (QED) is 0.539. The number of rotatable bonds is 7. The number of halogens is 2. The lowest BCUT2D eigenvalue weighted by Gasteiger charge is -2.38. The second-order valence-electron chi connectivity index (χ2n) is 10.4. The molecule has 2 aliphatic carbocycles. The lowest BCUT2D eigenvalue weighted by Crippen LogP contribution is -2.49. The van der Waals surface area contributed by atoms with Crippen LogP contribution in [-0.2, 0) is 5.41 Å². The Labute approximate surface area is 216 Å². The van der Waals surface area contributed by atoms with E-state index in [0.29, 0.717) is 30.3 Å². The number of fused-ring (bicyclic) bond motifs is 1. The van der Waals surface area contributed by atoms with Crippen molar-refractivity contribution in [3.63, 3.8) is 0 Å². The molecule has 6 nitrogen and oxygen atoms in total. The van der Waals surface area contributed by atoms with Gasteiger partial charge in [-0.1, -0.05) is 23.7 Å². The van der Waals surface area contributed by atoms with Crippen LogP contribution in [0.1, 0.15) is 49.7 Å². The van der Waals surface area contributed by atoms with Crippen molar-refractivity contribution in [3.05, 3.63) is 64.4 Å². The zero-order chi connectivity index (χ0) is 25.3. The van der Waals surface area contributed by atoms with Crippen molar-refractivity contribution in [2.75, 3.05) is 31.6 Å². The van der Waals surface area contributed by atoms with Crippen molar-refractivity contribution in [1.29, 1.82) is 5.26 Å². The molecule has 3 aliphatic rings. The Kier molecular flexibility index (Phi) is 7.21. The van der Waals surface area contributed by atoms with E-state index in [-0.39, 0.29) is 35.2 Å². The van der Waals surface area contributed by atoms with Crippen molar-refractivity contribution in [2.45, 2.75) is 56.0 Å².